The van der Waals surface area contributed by atoms with Crippen molar-refractivity contribution in [3.63, 3.8) is 0 Å². The maximum atomic E-state index is 9.68. The largest absolute Gasteiger partial charge is 0.508 e. The molecular formula is C14H15NO2. The van der Waals surface area contributed by atoms with Crippen LogP contribution in [0.5, 0.6) is 11.5 Å². The van der Waals surface area contributed by atoms with Crippen molar-refractivity contribution < 1.29 is 10.2 Å². The summed E-state index contributed by atoms with van der Waals surface area (Å²) >= 11 is 0. The van der Waals surface area contributed by atoms with E-state index in [0.29, 0.717) is 6.54 Å². The number of aromatic hydroxyl groups is 2. The number of rotatable bonds is 3. The molecule has 0 unspecified atom stereocenters. The molecule has 2 aromatic rings. The predicted molar refractivity (Wildman–Crippen MR) is 68.3 cm³/mol. The Balaban J connectivity index is 2.09. The van der Waals surface area contributed by atoms with Gasteiger partial charge in [0, 0.05) is 23.9 Å². The Bertz CT molecular complexity index is 523. The van der Waals surface area contributed by atoms with Crippen molar-refractivity contribution in [1.29, 1.82) is 0 Å². The maximum absolute atomic E-state index is 9.68. The van der Waals surface area contributed by atoms with Gasteiger partial charge in [-0.2, -0.15) is 0 Å². The number of nitrogens with one attached hydrogen (secondary N) is 1. The highest BCUT2D eigenvalue weighted by atomic mass is 16.3. The Kier molecular flexibility index (Phi) is 3.19. The van der Waals surface area contributed by atoms with Crippen molar-refractivity contribution in [2.75, 3.05) is 5.32 Å². The van der Waals surface area contributed by atoms with Crippen LogP contribution >= 0.6 is 0 Å². The van der Waals surface area contributed by atoms with Crippen LogP contribution in [0.25, 0.3) is 0 Å². The molecule has 0 atom stereocenters. The SMILES string of the molecule is Cc1ccc(O)c(CNc2cccc(O)c2)c1. The fourth-order valence-corrected chi connectivity index (χ4v) is 1.67. The van der Waals surface area contributed by atoms with Gasteiger partial charge in [-0.15, -0.1) is 0 Å². The Labute approximate surface area is 100 Å². The number of benzene rings is 2. The first-order valence-corrected chi connectivity index (χ1v) is 5.46. The van der Waals surface area contributed by atoms with Gasteiger partial charge in [-0.1, -0.05) is 23.8 Å². The average Bonchev–Trinajstić information content (AvgIpc) is 2.30. The van der Waals surface area contributed by atoms with Gasteiger partial charge in [0.2, 0.25) is 0 Å². The van der Waals surface area contributed by atoms with E-state index >= 15 is 0 Å². The summed E-state index contributed by atoms with van der Waals surface area (Å²) in [6, 6.07) is 12.4. The summed E-state index contributed by atoms with van der Waals surface area (Å²) < 4.78 is 0. The summed E-state index contributed by atoms with van der Waals surface area (Å²) in [7, 11) is 0. The van der Waals surface area contributed by atoms with Crippen LogP contribution in [-0.4, -0.2) is 10.2 Å². The predicted octanol–water partition coefficient (Wildman–Crippen LogP) is 3.02. The number of phenols is 2. The van der Waals surface area contributed by atoms with Crippen LogP contribution in [0.15, 0.2) is 42.5 Å². The fraction of sp³-hybridized carbons (Fsp3) is 0.143. The van der Waals surface area contributed by atoms with Gasteiger partial charge in [-0.25, -0.2) is 0 Å². The molecule has 0 saturated carbocycles. The molecule has 0 heterocycles. The second kappa shape index (κ2) is 4.78. The van der Waals surface area contributed by atoms with E-state index in [9.17, 15) is 10.2 Å². The van der Waals surface area contributed by atoms with Crippen LogP contribution in [0.1, 0.15) is 11.1 Å². The summed E-state index contributed by atoms with van der Waals surface area (Å²) in [5, 5.41) is 22.1. The Morgan fingerprint density at radius 2 is 1.88 bits per heavy atom. The molecule has 17 heavy (non-hydrogen) atoms. The summed E-state index contributed by atoms with van der Waals surface area (Å²) in [4.78, 5) is 0. The minimum absolute atomic E-state index is 0.225. The summed E-state index contributed by atoms with van der Waals surface area (Å²) in [5.41, 5.74) is 2.77. The number of hydrogen-bond acceptors (Lipinski definition) is 3. The maximum Gasteiger partial charge on any atom is 0.120 e. The van der Waals surface area contributed by atoms with Crippen molar-refractivity contribution in [2.24, 2.45) is 0 Å². The highest BCUT2D eigenvalue weighted by Crippen LogP contribution is 2.21. The molecule has 0 spiro atoms. The van der Waals surface area contributed by atoms with Crippen molar-refractivity contribution >= 4 is 5.69 Å². The third-order valence-corrected chi connectivity index (χ3v) is 2.56. The third kappa shape index (κ3) is 2.91. The fourth-order valence-electron chi connectivity index (χ4n) is 1.67. The van der Waals surface area contributed by atoms with Crippen LogP contribution < -0.4 is 5.32 Å². The number of phenolic OH excluding ortho intramolecular Hbond substituents is 2. The van der Waals surface area contributed by atoms with Crippen LogP contribution in [0.4, 0.5) is 5.69 Å². The number of anilines is 1. The summed E-state index contributed by atoms with van der Waals surface area (Å²) in [6.07, 6.45) is 0. The molecule has 0 radical (unpaired) electrons. The monoisotopic (exact) mass is 229 g/mol. The second-order valence-corrected chi connectivity index (χ2v) is 4.04. The molecular weight excluding hydrogens is 214 g/mol. The van der Waals surface area contributed by atoms with Crippen LogP contribution in [-0.2, 0) is 6.54 Å². The molecule has 0 saturated heterocycles. The van der Waals surface area contributed by atoms with Gasteiger partial charge in [-0.3, -0.25) is 0 Å². The molecule has 3 N–H and O–H groups in total. The number of hydrogen-bond donors (Lipinski definition) is 3. The quantitative estimate of drug-likeness (QED) is 0.758. The molecule has 0 bridgehead atoms. The molecule has 3 heteroatoms. The lowest BCUT2D eigenvalue weighted by molar-refractivity contribution is 0.469. The smallest absolute Gasteiger partial charge is 0.120 e. The molecule has 3 nitrogen and oxygen atoms in total. The van der Waals surface area contributed by atoms with Gasteiger partial charge in [0.15, 0.2) is 0 Å². The van der Waals surface area contributed by atoms with Gasteiger partial charge in [0.25, 0.3) is 0 Å². The number of aryl methyl sites for hydroxylation is 1. The normalized spacial score (nSPS) is 10.2. The molecule has 0 amide bonds. The van der Waals surface area contributed by atoms with E-state index in [1.165, 1.54) is 0 Å². The Morgan fingerprint density at radius 3 is 2.65 bits per heavy atom. The van der Waals surface area contributed by atoms with E-state index in [4.69, 9.17) is 0 Å². The molecule has 0 aromatic heterocycles. The van der Waals surface area contributed by atoms with Gasteiger partial charge in [-0.05, 0) is 25.1 Å². The lowest BCUT2D eigenvalue weighted by Gasteiger charge is -2.09. The van der Waals surface area contributed by atoms with Crippen LogP contribution in [0, 0.1) is 6.92 Å². The van der Waals surface area contributed by atoms with Gasteiger partial charge in [0.1, 0.15) is 11.5 Å². The lowest BCUT2D eigenvalue weighted by atomic mass is 10.1. The molecule has 0 aliphatic rings. The van der Waals surface area contributed by atoms with E-state index in [0.717, 1.165) is 16.8 Å². The van der Waals surface area contributed by atoms with Gasteiger partial charge in [0.05, 0.1) is 0 Å². The molecule has 0 aliphatic heterocycles. The first-order chi connectivity index (χ1) is 8.15. The first kappa shape index (κ1) is 11.3. The average molecular weight is 229 g/mol. The van der Waals surface area contributed by atoms with E-state index in [1.807, 2.05) is 25.1 Å². The van der Waals surface area contributed by atoms with Crippen molar-refractivity contribution in [3.8, 4) is 11.5 Å². The van der Waals surface area contributed by atoms with Crippen LogP contribution in [0.2, 0.25) is 0 Å². The molecule has 2 aromatic carbocycles. The zero-order chi connectivity index (χ0) is 12.3. The molecule has 0 fully saturated rings. The van der Waals surface area contributed by atoms with Crippen molar-refractivity contribution in [1.82, 2.24) is 0 Å². The summed E-state index contributed by atoms with van der Waals surface area (Å²) in [5.74, 6) is 0.506. The zero-order valence-electron chi connectivity index (χ0n) is 9.64. The van der Waals surface area contributed by atoms with Crippen LogP contribution in [0.3, 0.4) is 0 Å². The van der Waals surface area contributed by atoms with E-state index < -0.39 is 0 Å². The second-order valence-electron chi connectivity index (χ2n) is 4.04. The standard InChI is InChI=1S/C14H15NO2/c1-10-5-6-14(17)11(7-10)9-15-12-3-2-4-13(16)8-12/h2-8,15-17H,9H2,1H3. The molecule has 88 valence electrons. The minimum atomic E-state index is 0.225. The van der Waals surface area contributed by atoms with Gasteiger partial charge >= 0.3 is 0 Å². The van der Waals surface area contributed by atoms with Gasteiger partial charge < -0.3 is 15.5 Å². The molecule has 2 rings (SSSR count). The van der Waals surface area contributed by atoms with E-state index in [1.54, 1.807) is 24.3 Å². The minimum Gasteiger partial charge on any atom is -0.508 e. The van der Waals surface area contributed by atoms with Crippen molar-refractivity contribution in [3.05, 3.63) is 53.6 Å². The highest BCUT2D eigenvalue weighted by Gasteiger charge is 2.01. The Hall–Kier alpha value is -2.16. The van der Waals surface area contributed by atoms with E-state index in [2.05, 4.69) is 5.32 Å². The summed E-state index contributed by atoms with van der Waals surface area (Å²) in [6.45, 7) is 2.51. The third-order valence-electron chi connectivity index (χ3n) is 2.56. The highest BCUT2D eigenvalue weighted by molar-refractivity contribution is 5.49. The zero-order valence-corrected chi connectivity index (χ0v) is 9.64. The molecule has 0 aliphatic carbocycles. The van der Waals surface area contributed by atoms with E-state index in [-0.39, 0.29) is 11.5 Å². The Morgan fingerprint density at radius 1 is 1.06 bits per heavy atom. The topological polar surface area (TPSA) is 52.5 Å². The van der Waals surface area contributed by atoms with Crippen molar-refractivity contribution in [2.45, 2.75) is 13.5 Å². The first-order valence-electron chi connectivity index (χ1n) is 5.46. The lowest BCUT2D eigenvalue weighted by Crippen LogP contribution is -1.99.